The van der Waals surface area contributed by atoms with E-state index in [4.69, 9.17) is 14.2 Å². The molecule has 3 aromatic rings. The molecule has 0 fully saturated rings. The first kappa shape index (κ1) is 15.4. The van der Waals surface area contributed by atoms with Crippen molar-refractivity contribution in [3.8, 4) is 22.9 Å². The maximum absolute atomic E-state index is 5.82. The largest absolute Gasteiger partial charge is 0.493 e. The number of ether oxygens (including phenoxy) is 3. The predicted octanol–water partition coefficient (Wildman–Crippen LogP) is 3.65. The van der Waals surface area contributed by atoms with E-state index in [2.05, 4.69) is 9.97 Å². The van der Waals surface area contributed by atoms with Gasteiger partial charge in [0.05, 0.1) is 24.8 Å². The fourth-order valence-corrected chi connectivity index (χ4v) is 2.41. The van der Waals surface area contributed by atoms with Crippen LogP contribution in [0.5, 0.6) is 11.5 Å². The number of nitrogens with zero attached hydrogens (tertiary/aromatic N) is 1. The van der Waals surface area contributed by atoms with E-state index in [0.717, 1.165) is 28.8 Å². The van der Waals surface area contributed by atoms with E-state index in [1.54, 1.807) is 14.2 Å². The van der Waals surface area contributed by atoms with Crippen molar-refractivity contribution < 1.29 is 14.2 Å². The van der Waals surface area contributed by atoms with Crippen LogP contribution in [0.4, 0.5) is 0 Å². The Kier molecular flexibility index (Phi) is 4.78. The number of hydrogen-bond acceptors (Lipinski definition) is 4. The lowest BCUT2D eigenvalue weighted by molar-refractivity contribution is 0.170. The molecule has 0 saturated heterocycles. The van der Waals surface area contributed by atoms with Crippen LogP contribution in [0.25, 0.3) is 22.4 Å². The lowest BCUT2D eigenvalue weighted by atomic mass is 10.2. The van der Waals surface area contributed by atoms with Crippen LogP contribution < -0.4 is 9.47 Å². The molecule has 0 amide bonds. The number of benzene rings is 2. The maximum atomic E-state index is 5.82. The Morgan fingerprint density at radius 2 is 1.87 bits per heavy atom. The van der Waals surface area contributed by atoms with Crippen LogP contribution in [0.2, 0.25) is 0 Å². The van der Waals surface area contributed by atoms with Crippen LogP contribution in [0.1, 0.15) is 6.42 Å². The molecule has 1 N–H and O–H groups in total. The molecule has 0 spiro atoms. The van der Waals surface area contributed by atoms with Gasteiger partial charge in [0, 0.05) is 25.7 Å². The minimum absolute atomic E-state index is 0.577. The van der Waals surface area contributed by atoms with Crippen molar-refractivity contribution in [2.24, 2.45) is 0 Å². The third-order valence-electron chi connectivity index (χ3n) is 3.58. The monoisotopic (exact) mass is 312 g/mol. The normalized spacial score (nSPS) is 10.9. The number of aromatic amines is 1. The summed E-state index contributed by atoms with van der Waals surface area (Å²) in [5.41, 5.74) is 2.92. The predicted molar refractivity (Wildman–Crippen MR) is 90.1 cm³/mol. The molecule has 3 rings (SSSR count). The van der Waals surface area contributed by atoms with E-state index in [1.165, 1.54) is 0 Å². The lowest BCUT2D eigenvalue weighted by Crippen LogP contribution is -2.02. The lowest BCUT2D eigenvalue weighted by Gasteiger charge is -2.11. The highest BCUT2D eigenvalue weighted by molar-refractivity contribution is 5.79. The summed E-state index contributed by atoms with van der Waals surface area (Å²) >= 11 is 0. The summed E-state index contributed by atoms with van der Waals surface area (Å²) in [6, 6.07) is 13.8. The number of hydrogen-bond donors (Lipinski definition) is 1. The highest BCUT2D eigenvalue weighted by Crippen LogP contribution is 2.32. The van der Waals surface area contributed by atoms with Crippen molar-refractivity contribution in [2.45, 2.75) is 6.42 Å². The number of aromatic nitrogens is 2. The number of imidazole rings is 1. The SMILES string of the molecule is COCCCOc1cc(-c2nc3ccccc3[nH]2)ccc1OC. The molecule has 1 aromatic heterocycles. The van der Waals surface area contributed by atoms with Crippen molar-refractivity contribution in [3.05, 3.63) is 42.5 Å². The summed E-state index contributed by atoms with van der Waals surface area (Å²) in [5.74, 6) is 2.24. The van der Waals surface area contributed by atoms with Gasteiger partial charge >= 0.3 is 0 Å². The van der Waals surface area contributed by atoms with Gasteiger partial charge in [-0.05, 0) is 30.3 Å². The summed E-state index contributed by atoms with van der Waals surface area (Å²) in [4.78, 5) is 7.94. The minimum Gasteiger partial charge on any atom is -0.493 e. The van der Waals surface area contributed by atoms with Crippen LogP contribution in [0.15, 0.2) is 42.5 Å². The smallest absolute Gasteiger partial charge is 0.161 e. The van der Waals surface area contributed by atoms with Gasteiger partial charge in [-0.25, -0.2) is 4.98 Å². The number of fused-ring (bicyclic) bond motifs is 1. The topological polar surface area (TPSA) is 56.4 Å². The van der Waals surface area contributed by atoms with Gasteiger partial charge in [0.1, 0.15) is 5.82 Å². The molecule has 0 bridgehead atoms. The molecule has 5 nitrogen and oxygen atoms in total. The summed E-state index contributed by atoms with van der Waals surface area (Å²) in [5, 5.41) is 0. The Bertz CT molecular complexity index is 750. The van der Waals surface area contributed by atoms with E-state index < -0.39 is 0 Å². The van der Waals surface area contributed by atoms with Gasteiger partial charge in [0.2, 0.25) is 0 Å². The highest BCUT2D eigenvalue weighted by Gasteiger charge is 2.10. The second kappa shape index (κ2) is 7.15. The molecule has 2 aromatic carbocycles. The molecular formula is C18H20N2O3. The Morgan fingerprint density at radius 1 is 1.00 bits per heavy atom. The average molecular weight is 312 g/mol. The standard InChI is InChI=1S/C18H20N2O3/c1-21-10-5-11-23-17-12-13(8-9-16(17)22-2)18-19-14-6-3-4-7-15(14)20-18/h3-4,6-9,12H,5,10-11H2,1-2H3,(H,19,20). The maximum Gasteiger partial charge on any atom is 0.161 e. The summed E-state index contributed by atoms with van der Waals surface area (Å²) in [6.07, 6.45) is 0.828. The first-order valence-electron chi connectivity index (χ1n) is 7.56. The number of methoxy groups -OCH3 is 2. The fourth-order valence-electron chi connectivity index (χ4n) is 2.41. The van der Waals surface area contributed by atoms with Crippen LogP contribution in [0, 0.1) is 0 Å². The summed E-state index contributed by atoms with van der Waals surface area (Å²) < 4.78 is 16.2. The molecule has 120 valence electrons. The molecule has 0 unspecified atom stereocenters. The Balaban J connectivity index is 1.87. The first-order chi connectivity index (χ1) is 11.3. The molecule has 0 radical (unpaired) electrons. The minimum atomic E-state index is 0.577. The van der Waals surface area contributed by atoms with Crippen molar-refractivity contribution in [2.75, 3.05) is 27.4 Å². The van der Waals surface area contributed by atoms with E-state index in [9.17, 15) is 0 Å². The molecule has 0 aliphatic heterocycles. The number of para-hydroxylation sites is 2. The van der Waals surface area contributed by atoms with E-state index >= 15 is 0 Å². The van der Waals surface area contributed by atoms with Crippen molar-refractivity contribution in [3.63, 3.8) is 0 Å². The van der Waals surface area contributed by atoms with Gasteiger partial charge in [-0.2, -0.15) is 0 Å². The second-order valence-corrected chi connectivity index (χ2v) is 5.16. The Morgan fingerprint density at radius 3 is 2.65 bits per heavy atom. The molecular weight excluding hydrogens is 292 g/mol. The van der Waals surface area contributed by atoms with Crippen molar-refractivity contribution >= 4 is 11.0 Å². The zero-order valence-electron chi connectivity index (χ0n) is 13.3. The van der Waals surface area contributed by atoms with Crippen LogP contribution in [0.3, 0.4) is 0 Å². The third-order valence-corrected chi connectivity index (χ3v) is 3.58. The number of rotatable bonds is 7. The van der Waals surface area contributed by atoms with Crippen molar-refractivity contribution in [1.29, 1.82) is 0 Å². The highest BCUT2D eigenvalue weighted by atomic mass is 16.5. The summed E-state index contributed by atoms with van der Waals surface area (Å²) in [7, 11) is 3.32. The van der Waals surface area contributed by atoms with E-state index in [0.29, 0.717) is 24.7 Å². The van der Waals surface area contributed by atoms with Gasteiger partial charge in [-0.3, -0.25) is 0 Å². The van der Waals surface area contributed by atoms with Gasteiger partial charge in [0.25, 0.3) is 0 Å². The zero-order valence-corrected chi connectivity index (χ0v) is 13.3. The van der Waals surface area contributed by atoms with Crippen LogP contribution in [-0.2, 0) is 4.74 Å². The molecule has 0 aliphatic rings. The fraction of sp³-hybridized carbons (Fsp3) is 0.278. The number of H-pyrrole nitrogens is 1. The van der Waals surface area contributed by atoms with Crippen LogP contribution >= 0.6 is 0 Å². The molecule has 23 heavy (non-hydrogen) atoms. The Labute approximate surface area is 135 Å². The van der Waals surface area contributed by atoms with E-state index in [1.807, 2.05) is 42.5 Å². The van der Waals surface area contributed by atoms with Gasteiger partial charge in [-0.15, -0.1) is 0 Å². The van der Waals surface area contributed by atoms with Gasteiger partial charge in [0.15, 0.2) is 11.5 Å². The summed E-state index contributed by atoms with van der Waals surface area (Å²) in [6.45, 7) is 1.25. The van der Waals surface area contributed by atoms with Crippen LogP contribution in [-0.4, -0.2) is 37.4 Å². The van der Waals surface area contributed by atoms with Gasteiger partial charge in [-0.1, -0.05) is 12.1 Å². The average Bonchev–Trinajstić information content (AvgIpc) is 3.02. The second-order valence-electron chi connectivity index (χ2n) is 5.16. The third kappa shape index (κ3) is 3.46. The van der Waals surface area contributed by atoms with E-state index in [-0.39, 0.29) is 0 Å². The molecule has 1 heterocycles. The van der Waals surface area contributed by atoms with Gasteiger partial charge < -0.3 is 19.2 Å². The quantitative estimate of drug-likeness (QED) is 0.677. The molecule has 0 aliphatic carbocycles. The molecule has 5 heteroatoms. The zero-order chi connectivity index (χ0) is 16.1. The number of nitrogens with one attached hydrogen (secondary N) is 1. The molecule has 0 atom stereocenters. The molecule has 0 saturated carbocycles. The first-order valence-corrected chi connectivity index (χ1v) is 7.56. The Hall–Kier alpha value is -2.53. The van der Waals surface area contributed by atoms with Crippen molar-refractivity contribution in [1.82, 2.24) is 9.97 Å².